The van der Waals surface area contributed by atoms with Gasteiger partial charge in [0.15, 0.2) is 0 Å². The number of methoxy groups -OCH3 is 1. The molecule has 0 fully saturated rings. The van der Waals surface area contributed by atoms with Crippen LogP contribution in [0.3, 0.4) is 0 Å². The molecule has 91 valence electrons. The van der Waals surface area contributed by atoms with E-state index in [1.165, 1.54) is 7.11 Å². The maximum atomic E-state index is 9.64. The maximum Gasteiger partial charge on any atom is 0.135 e. The summed E-state index contributed by atoms with van der Waals surface area (Å²) < 4.78 is 4.99. The van der Waals surface area contributed by atoms with Crippen LogP contribution >= 0.6 is 0 Å². The van der Waals surface area contributed by atoms with Gasteiger partial charge in [0.2, 0.25) is 0 Å². The Morgan fingerprint density at radius 1 is 1.28 bits per heavy atom. The molecule has 3 heteroatoms. The van der Waals surface area contributed by atoms with E-state index in [1.54, 1.807) is 12.1 Å². The average Bonchev–Trinajstić information content (AvgIpc) is 2.38. The summed E-state index contributed by atoms with van der Waals surface area (Å²) in [5.74, 6) is 0.659. The molecule has 2 rings (SSSR count). The zero-order valence-electron chi connectivity index (χ0n) is 10.3. The molecule has 0 saturated carbocycles. The van der Waals surface area contributed by atoms with Gasteiger partial charge < -0.3 is 9.84 Å². The monoisotopic (exact) mass is 315 g/mol. The van der Waals surface area contributed by atoms with E-state index in [4.69, 9.17) is 4.74 Å². The standard InChI is InChI=1S/C15H14O2.Y/c1-17-15-10-9-13(11-14(15)16)8-7-12-5-3-2-4-6-12;/h2-5,8-11,16H,7H2,1H3;/q-2;. The predicted octanol–water partition coefficient (Wildman–Crippen LogP) is 2.99. The molecule has 0 aliphatic heterocycles. The van der Waals surface area contributed by atoms with Crippen molar-refractivity contribution in [3.63, 3.8) is 0 Å². The molecule has 0 bridgehead atoms. The third kappa shape index (κ3) is 4.04. The summed E-state index contributed by atoms with van der Waals surface area (Å²) in [6.45, 7) is 0. The summed E-state index contributed by atoms with van der Waals surface area (Å²) in [5.41, 5.74) is 2.10. The molecule has 0 aromatic heterocycles. The summed E-state index contributed by atoms with van der Waals surface area (Å²) in [4.78, 5) is 0. The fourth-order valence-corrected chi connectivity index (χ4v) is 1.62. The van der Waals surface area contributed by atoms with Crippen LogP contribution in [0.2, 0.25) is 0 Å². The zero-order chi connectivity index (χ0) is 12.1. The first kappa shape index (κ1) is 15.1. The van der Waals surface area contributed by atoms with E-state index < -0.39 is 0 Å². The van der Waals surface area contributed by atoms with Crippen LogP contribution in [0.25, 0.3) is 0 Å². The number of aromatic hydroxyl groups is 1. The fourth-order valence-electron chi connectivity index (χ4n) is 1.62. The Labute approximate surface area is 133 Å². The zero-order valence-corrected chi connectivity index (χ0v) is 13.1. The molecule has 2 aromatic rings. The summed E-state index contributed by atoms with van der Waals surface area (Å²) in [5, 5.41) is 9.64. The van der Waals surface area contributed by atoms with Gasteiger partial charge in [-0.1, -0.05) is 12.5 Å². The van der Waals surface area contributed by atoms with Crippen molar-refractivity contribution in [1.82, 2.24) is 0 Å². The van der Waals surface area contributed by atoms with Crippen LogP contribution in [-0.4, -0.2) is 12.2 Å². The Bertz CT molecular complexity index is 483. The summed E-state index contributed by atoms with van der Waals surface area (Å²) in [6, 6.07) is 16.4. The first-order chi connectivity index (χ1) is 8.29. The van der Waals surface area contributed by atoms with Crippen molar-refractivity contribution in [3.8, 4) is 11.5 Å². The van der Waals surface area contributed by atoms with Crippen molar-refractivity contribution in [3.05, 3.63) is 66.1 Å². The van der Waals surface area contributed by atoms with Crippen molar-refractivity contribution >= 4 is 0 Å². The third-order valence-corrected chi connectivity index (χ3v) is 2.53. The molecule has 0 unspecified atom stereocenters. The van der Waals surface area contributed by atoms with E-state index in [0.717, 1.165) is 17.5 Å². The fraction of sp³-hybridized carbons (Fsp3) is 0.133. The van der Waals surface area contributed by atoms with Gasteiger partial charge in [-0.2, -0.15) is 53.9 Å². The minimum atomic E-state index is 0. The van der Waals surface area contributed by atoms with E-state index in [1.807, 2.05) is 36.8 Å². The molecule has 1 N–H and O–H groups in total. The molecular weight excluding hydrogens is 301 g/mol. The molecule has 2 aromatic carbocycles. The molecule has 0 amide bonds. The second kappa shape index (κ2) is 7.45. The molecule has 0 heterocycles. The van der Waals surface area contributed by atoms with Gasteiger partial charge >= 0.3 is 0 Å². The number of phenols is 1. The van der Waals surface area contributed by atoms with Crippen molar-refractivity contribution in [1.29, 1.82) is 0 Å². The van der Waals surface area contributed by atoms with Gasteiger partial charge in [-0.05, 0) is 0 Å². The van der Waals surface area contributed by atoms with Gasteiger partial charge in [-0.3, -0.25) is 0 Å². The number of rotatable bonds is 4. The predicted molar refractivity (Wildman–Crippen MR) is 67.0 cm³/mol. The quantitative estimate of drug-likeness (QED) is 0.879. The molecule has 0 atom stereocenters. The largest absolute Gasteiger partial charge is 0.517 e. The van der Waals surface area contributed by atoms with E-state index in [-0.39, 0.29) is 38.5 Å². The molecule has 1 radical (unpaired) electrons. The maximum absolute atomic E-state index is 9.64. The van der Waals surface area contributed by atoms with Gasteiger partial charge in [-0.15, -0.1) is 6.07 Å². The smallest absolute Gasteiger partial charge is 0.135 e. The average molecular weight is 315 g/mol. The Kier molecular flexibility index (Phi) is 6.24. The van der Waals surface area contributed by atoms with Crippen molar-refractivity contribution in [2.24, 2.45) is 0 Å². The first-order valence-corrected chi connectivity index (χ1v) is 5.45. The number of hydrogen-bond acceptors (Lipinski definition) is 2. The van der Waals surface area contributed by atoms with E-state index in [2.05, 4.69) is 6.07 Å². The van der Waals surface area contributed by atoms with Crippen LogP contribution in [0.4, 0.5) is 0 Å². The molecule has 0 aliphatic carbocycles. The van der Waals surface area contributed by atoms with Crippen LogP contribution in [0.5, 0.6) is 11.5 Å². The molecule has 2 nitrogen and oxygen atoms in total. The number of ether oxygens (including phenoxy) is 1. The molecule has 0 aliphatic rings. The van der Waals surface area contributed by atoms with Crippen LogP contribution in [-0.2, 0) is 39.1 Å². The molecule has 0 spiro atoms. The Hall–Kier alpha value is -0.986. The summed E-state index contributed by atoms with van der Waals surface area (Å²) in [7, 11) is 1.54. The Morgan fingerprint density at radius 3 is 2.72 bits per heavy atom. The van der Waals surface area contributed by atoms with Crippen LogP contribution < -0.4 is 4.74 Å². The molecule has 18 heavy (non-hydrogen) atoms. The van der Waals surface area contributed by atoms with E-state index in [0.29, 0.717) is 5.75 Å². The number of phenolic OH excluding ortho intramolecular Hbond substituents is 1. The third-order valence-electron chi connectivity index (χ3n) is 2.53. The van der Waals surface area contributed by atoms with Crippen molar-refractivity contribution < 1.29 is 42.6 Å². The second-order valence-electron chi connectivity index (χ2n) is 3.73. The molecular formula is C15H14O2Y-2. The van der Waals surface area contributed by atoms with Crippen molar-refractivity contribution in [2.45, 2.75) is 6.42 Å². The normalized spacial score (nSPS) is 9.39. The second-order valence-corrected chi connectivity index (χ2v) is 3.73. The number of benzene rings is 2. The number of hydrogen-bond donors (Lipinski definition) is 1. The van der Waals surface area contributed by atoms with Gasteiger partial charge in [-0.25, -0.2) is 0 Å². The van der Waals surface area contributed by atoms with Crippen LogP contribution in [0.1, 0.15) is 11.1 Å². The Morgan fingerprint density at radius 2 is 2.11 bits per heavy atom. The molecule has 0 saturated heterocycles. The van der Waals surface area contributed by atoms with Gasteiger partial charge in [0.1, 0.15) is 11.5 Å². The summed E-state index contributed by atoms with van der Waals surface area (Å²) in [6.07, 6.45) is 2.84. The minimum Gasteiger partial charge on any atom is -0.517 e. The Balaban J connectivity index is 0.00000162. The van der Waals surface area contributed by atoms with E-state index in [9.17, 15) is 5.11 Å². The first-order valence-electron chi connectivity index (χ1n) is 5.45. The van der Waals surface area contributed by atoms with E-state index >= 15 is 0 Å². The topological polar surface area (TPSA) is 29.5 Å². The van der Waals surface area contributed by atoms with Gasteiger partial charge in [0, 0.05) is 32.7 Å². The van der Waals surface area contributed by atoms with Crippen molar-refractivity contribution in [2.75, 3.05) is 7.11 Å². The van der Waals surface area contributed by atoms with Crippen LogP contribution in [0.15, 0.2) is 42.5 Å². The summed E-state index contributed by atoms with van der Waals surface area (Å²) >= 11 is 0. The van der Waals surface area contributed by atoms with Gasteiger partial charge in [0.05, 0.1) is 7.11 Å². The van der Waals surface area contributed by atoms with Crippen LogP contribution in [0, 0.1) is 12.5 Å². The SMILES string of the molecule is COc1ccc([CH-]Cc2[c-]cccc2)cc1O.[Y]. The van der Waals surface area contributed by atoms with Gasteiger partial charge in [0.25, 0.3) is 0 Å². The minimum absolute atomic E-state index is 0.